The summed E-state index contributed by atoms with van der Waals surface area (Å²) in [7, 11) is -0.254. The summed E-state index contributed by atoms with van der Waals surface area (Å²) < 4.78 is 0.312. The second-order valence-electron chi connectivity index (χ2n) is 8.19. The van der Waals surface area contributed by atoms with Crippen LogP contribution >= 0.6 is 0 Å². The van der Waals surface area contributed by atoms with Gasteiger partial charge in [0, 0.05) is 0 Å². The van der Waals surface area contributed by atoms with Crippen LogP contribution in [0, 0.1) is 19.8 Å². The molecule has 0 N–H and O–H groups in total. The molecule has 1 aromatic rings. The van der Waals surface area contributed by atoms with Crippen LogP contribution in [0.25, 0.3) is 0 Å². The van der Waals surface area contributed by atoms with E-state index in [0.717, 1.165) is 5.92 Å². The van der Waals surface area contributed by atoms with Crippen molar-refractivity contribution in [2.75, 3.05) is 0 Å². The predicted molar refractivity (Wildman–Crippen MR) is 107 cm³/mol. The van der Waals surface area contributed by atoms with E-state index in [2.05, 4.69) is 87.1 Å². The number of benzene rings is 1. The van der Waals surface area contributed by atoms with E-state index in [4.69, 9.17) is 0 Å². The first-order chi connectivity index (χ1) is 11.1. The SMILES string of the molecule is CC1=C(C)[C]([Ti+3])(C[SiH2]c2cc(C)cc(C)c2)C(CCC(C)C)=C1C.[Cl-].[Cl-].[Cl-]. The van der Waals surface area contributed by atoms with Crippen LogP contribution in [-0.4, -0.2) is 9.52 Å². The van der Waals surface area contributed by atoms with Crippen LogP contribution in [0.1, 0.15) is 58.6 Å². The van der Waals surface area contributed by atoms with Crippen molar-refractivity contribution < 1.29 is 57.7 Å². The number of hydrogen-bond donors (Lipinski definition) is 0. The smallest absolute Gasteiger partial charge is 1.00 e. The molecule has 0 amide bonds. The molecule has 0 bridgehead atoms. The van der Waals surface area contributed by atoms with Crippen molar-refractivity contribution >= 4 is 14.7 Å². The molecule has 0 fully saturated rings. The summed E-state index contributed by atoms with van der Waals surface area (Å²) in [4.78, 5) is 0. The van der Waals surface area contributed by atoms with E-state index < -0.39 is 0 Å². The third kappa shape index (κ3) is 7.05. The summed E-state index contributed by atoms with van der Waals surface area (Å²) in [5, 5.41) is 1.63. The average molecular weight is 480 g/mol. The molecule has 27 heavy (non-hydrogen) atoms. The monoisotopic (exact) mass is 478 g/mol. The standard InChI is InChI=1S/C22H33Si.3ClH.Ti/c1-14(2)8-9-21-18(6)17(5)19(7)22(21)13-23-20-11-15(3)10-16(4)12-20;;;;/h10-12,14H,8-9,13,23H2,1-7H3;3*1H;/q;;;;+3/p-3. The minimum absolute atomic E-state index is 0. The van der Waals surface area contributed by atoms with Crippen molar-refractivity contribution in [2.24, 2.45) is 5.92 Å². The first-order valence-electron chi connectivity index (χ1n) is 9.36. The van der Waals surface area contributed by atoms with Crippen molar-refractivity contribution in [3.8, 4) is 0 Å². The van der Waals surface area contributed by atoms with Gasteiger partial charge in [0.2, 0.25) is 0 Å². The maximum absolute atomic E-state index is 2.52. The predicted octanol–water partition coefficient (Wildman–Crippen LogP) is -3.66. The molecule has 0 heterocycles. The minimum atomic E-state index is -0.254. The fourth-order valence-electron chi connectivity index (χ4n) is 4.09. The van der Waals surface area contributed by atoms with Crippen molar-refractivity contribution in [3.05, 3.63) is 51.6 Å². The summed E-state index contributed by atoms with van der Waals surface area (Å²) >= 11 is 2.52. The van der Waals surface area contributed by atoms with Gasteiger partial charge in [-0.05, 0) is 0 Å². The molecule has 1 aliphatic rings. The Bertz CT molecular complexity index is 675. The third-order valence-electron chi connectivity index (χ3n) is 5.77. The zero-order valence-electron chi connectivity index (χ0n) is 17.8. The molecular weight excluding hydrogens is 447 g/mol. The molecule has 0 spiro atoms. The van der Waals surface area contributed by atoms with Gasteiger partial charge in [-0.15, -0.1) is 0 Å². The normalized spacial score (nSPS) is 19.5. The Labute approximate surface area is 199 Å². The molecule has 5 heteroatoms. The Balaban J connectivity index is 0. The van der Waals surface area contributed by atoms with E-state index in [1.165, 1.54) is 30.0 Å². The van der Waals surface area contributed by atoms with Gasteiger partial charge >= 0.3 is 164 Å². The van der Waals surface area contributed by atoms with E-state index in [-0.39, 0.29) is 46.7 Å². The molecule has 0 saturated heterocycles. The van der Waals surface area contributed by atoms with Gasteiger partial charge in [0.15, 0.2) is 0 Å². The molecule has 1 unspecified atom stereocenters. The van der Waals surface area contributed by atoms with Gasteiger partial charge in [0.05, 0.1) is 0 Å². The largest absolute Gasteiger partial charge is 1.00 e. The molecule has 1 atom stereocenters. The van der Waals surface area contributed by atoms with Crippen LogP contribution in [0.15, 0.2) is 40.5 Å². The maximum atomic E-state index is 2.52. The summed E-state index contributed by atoms with van der Waals surface area (Å²) in [5.41, 5.74) is 9.36. The summed E-state index contributed by atoms with van der Waals surface area (Å²) in [5.74, 6) is 0.785. The van der Waals surface area contributed by atoms with Gasteiger partial charge < -0.3 is 37.2 Å². The molecule has 1 aliphatic carbocycles. The van der Waals surface area contributed by atoms with E-state index in [1.54, 1.807) is 27.5 Å². The first-order valence-corrected chi connectivity index (χ1v) is 11.8. The zero-order chi connectivity index (χ0) is 18.1. The van der Waals surface area contributed by atoms with Crippen molar-refractivity contribution in [2.45, 2.75) is 71.1 Å². The quantitative estimate of drug-likeness (QED) is 0.369. The first kappa shape index (κ1) is 29.7. The number of halogens is 3. The Morgan fingerprint density at radius 2 is 1.41 bits per heavy atom. The van der Waals surface area contributed by atoms with Crippen LogP contribution < -0.4 is 42.4 Å². The molecule has 0 aromatic heterocycles. The molecule has 150 valence electrons. The second kappa shape index (κ2) is 12.3. The zero-order valence-corrected chi connectivity index (χ0v) is 23.0. The Morgan fingerprint density at radius 3 is 1.89 bits per heavy atom. The van der Waals surface area contributed by atoms with Gasteiger partial charge in [-0.25, -0.2) is 0 Å². The molecular formula is C22H33Cl3SiTi. The molecule has 0 saturated carbocycles. The summed E-state index contributed by atoms with van der Waals surface area (Å²) in [6.45, 7) is 16.2. The van der Waals surface area contributed by atoms with Gasteiger partial charge in [0.1, 0.15) is 0 Å². The van der Waals surface area contributed by atoms with Crippen molar-refractivity contribution in [3.63, 3.8) is 0 Å². The van der Waals surface area contributed by atoms with E-state index in [1.807, 2.05) is 0 Å². The van der Waals surface area contributed by atoms with Crippen LogP contribution in [0.5, 0.6) is 0 Å². The summed E-state index contributed by atoms with van der Waals surface area (Å²) in [6, 6.07) is 8.51. The van der Waals surface area contributed by atoms with Crippen LogP contribution in [0.3, 0.4) is 0 Å². The fraction of sp³-hybridized carbons (Fsp3) is 0.545. The third-order valence-corrected chi connectivity index (χ3v) is 9.99. The van der Waals surface area contributed by atoms with Gasteiger partial charge in [-0.2, -0.15) is 0 Å². The number of rotatable bonds is 6. The van der Waals surface area contributed by atoms with Gasteiger partial charge in [-0.3, -0.25) is 0 Å². The van der Waals surface area contributed by atoms with Crippen molar-refractivity contribution in [1.82, 2.24) is 0 Å². The second-order valence-corrected chi connectivity index (χ2v) is 11.3. The van der Waals surface area contributed by atoms with Crippen LogP contribution in [0.2, 0.25) is 9.76 Å². The molecule has 0 nitrogen and oxygen atoms in total. The number of aryl methyl sites for hydroxylation is 2. The van der Waals surface area contributed by atoms with Crippen LogP contribution in [-0.2, 0) is 20.4 Å². The topological polar surface area (TPSA) is 0 Å². The molecule has 1 aromatic carbocycles. The summed E-state index contributed by atoms with van der Waals surface area (Å²) in [6.07, 6.45) is 2.59. The van der Waals surface area contributed by atoms with E-state index >= 15 is 0 Å². The minimum Gasteiger partial charge on any atom is -1.00 e. The van der Waals surface area contributed by atoms with E-state index in [9.17, 15) is 0 Å². The molecule has 2 rings (SSSR count). The van der Waals surface area contributed by atoms with Crippen LogP contribution in [0.4, 0.5) is 0 Å². The molecule has 0 aliphatic heterocycles. The fourth-order valence-corrected chi connectivity index (χ4v) is 7.73. The Morgan fingerprint density at radius 1 is 0.889 bits per heavy atom. The molecule has 0 radical (unpaired) electrons. The maximum Gasteiger partial charge on any atom is -1.00 e. The number of allylic oxidation sites excluding steroid dienone is 4. The van der Waals surface area contributed by atoms with E-state index in [0.29, 0.717) is 3.72 Å². The van der Waals surface area contributed by atoms with Crippen molar-refractivity contribution in [1.29, 1.82) is 0 Å². The van der Waals surface area contributed by atoms with Gasteiger partial charge in [-0.1, -0.05) is 0 Å². The average Bonchev–Trinajstić information content (AvgIpc) is 2.64. The van der Waals surface area contributed by atoms with Gasteiger partial charge in [0.25, 0.3) is 0 Å². The number of hydrogen-bond acceptors (Lipinski definition) is 0. The Hall–Kier alpha value is 0.501. The Kier molecular flexibility index (Phi) is 13.5.